The molecular weight excluding hydrogens is 344 g/mol. The minimum absolute atomic E-state index is 0.00309. The average molecular weight is 370 g/mol. The van der Waals surface area contributed by atoms with Crippen LogP contribution in [0.25, 0.3) is 0 Å². The van der Waals surface area contributed by atoms with E-state index < -0.39 is 0 Å². The highest BCUT2D eigenvalue weighted by molar-refractivity contribution is 5.92. The summed E-state index contributed by atoms with van der Waals surface area (Å²) >= 11 is 0. The summed E-state index contributed by atoms with van der Waals surface area (Å²) in [6.07, 6.45) is 7.18. The molecule has 4 rings (SSSR count). The van der Waals surface area contributed by atoms with Crippen LogP contribution in [-0.2, 0) is 0 Å². The van der Waals surface area contributed by atoms with E-state index in [0.717, 1.165) is 50.3 Å². The Hall–Kier alpha value is -2.51. The van der Waals surface area contributed by atoms with Crippen molar-refractivity contribution in [3.8, 4) is 0 Å². The third-order valence-electron chi connectivity index (χ3n) is 5.25. The highest BCUT2D eigenvalue weighted by Gasteiger charge is 2.40. The van der Waals surface area contributed by atoms with Crippen LogP contribution >= 0.6 is 0 Å². The fourth-order valence-corrected chi connectivity index (χ4v) is 3.54. The van der Waals surface area contributed by atoms with E-state index in [2.05, 4.69) is 25.0 Å². The predicted molar refractivity (Wildman–Crippen MR) is 99.6 cm³/mol. The topological polar surface area (TPSA) is 88.3 Å². The van der Waals surface area contributed by atoms with Crippen LogP contribution in [0.1, 0.15) is 67.5 Å². The van der Waals surface area contributed by atoms with Gasteiger partial charge in [0.05, 0.1) is 11.9 Å². The van der Waals surface area contributed by atoms with Crippen molar-refractivity contribution in [1.29, 1.82) is 0 Å². The molecule has 0 spiro atoms. The second-order valence-corrected chi connectivity index (χ2v) is 7.79. The summed E-state index contributed by atoms with van der Waals surface area (Å²) in [5.41, 5.74) is 1.26. The average Bonchev–Trinajstić information content (AvgIpc) is 3.37. The Morgan fingerprint density at radius 1 is 1.15 bits per heavy atom. The molecule has 2 fully saturated rings. The number of anilines is 1. The zero-order valence-corrected chi connectivity index (χ0v) is 16.1. The lowest BCUT2D eigenvalue weighted by Gasteiger charge is -2.38. The van der Waals surface area contributed by atoms with E-state index in [-0.39, 0.29) is 17.9 Å². The molecule has 8 nitrogen and oxygen atoms in total. The first-order chi connectivity index (χ1) is 13.0. The standard InChI is InChI=1S/C19H26N6O2/c1-12(2)17-22-19(27-23-17)24-8-6-15(7-9-24)25(14-4-5-14)18(26)16-11-20-13(3)10-21-16/h10-12,14-15H,4-9H2,1-3H3. The molecule has 0 N–H and O–H groups in total. The van der Waals surface area contributed by atoms with E-state index >= 15 is 0 Å². The molecule has 2 aromatic heterocycles. The van der Waals surface area contributed by atoms with Gasteiger partial charge in [0.15, 0.2) is 5.82 Å². The van der Waals surface area contributed by atoms with Gasteiger partial charge in [-0.2, -0.15) is 4.98 Å². The molecule has 0 bridgehead atoms. The smallest absolute Gasteiger partial charge is 0.324 e. The number of hydrogen-bond acceptors (Lipinski definition) is 7. The second-order valence-electron chi connectivity index (χ2n) is 7.79. The number of carbonyl (C=O) groups is 1. The van der Waals surface area contributed by atoms with Gasteiger partial charge in [-0.3, -0.25) is 9.78 Å². The molecule has 27 heavy (non-hydrogen) atoms. The van der Waals surface area contributed by atoms with Gasteiger partial charge < -0.3 is 14.3 Å². The zero-order valence-electron chi connectivity index (χ0n) is 16.1. The van der Waals surface area contributed by atoms with E-state index in [1.54, 1.807) is 12.4 Å². The zero-order chi connectivity index (χ0) is 19.0. The van der Waals surface area contributed by atoms with Crippen LogP contribution in [0.5, 0.6) is 0 Å². The molecule has 2 aromatic rings. The number of amides is 1. The first-order valence-corrected chi connectivity index (χ1v) is 9.73. The van der Waals surface area contributed by atoms with Crippen molar-refractivity contribution in [2.75, 3.05) is 18.0 Å². The van der Waals surface area contributed by atoms with Gasteiger partial charge in [0.1, 0.15) is 5.69 Å². The first kappa shape index (κ1) is 17.9. The maximum absolute atomic E-state index is 13.0. The molecule has 2 aliphatic rings. The second kappa shape index (κ2) is 7.25. The molecule has 0 unspecified atom stereocenters. The van der Waals surface area contributed by atoms with Gasteiger partial charge in [-0.1, -0.05) is 19.0 Å². The van der Waals surface area contributed by atoms with E-state index in [1.165, 1.54) is 0 Å². The third-order valence-corrected chi connectivity index (χ3v) is 5.25. The number of piperidine rings is 1. The van der Waals surface area contributed by atoms with Crippen LogP contribution in [0.3, 0.4) is 0 Å². The SMILES string of the molecule is Cc1cnc(C(=O)N(C2CC2)C2CCN(c3nc(C(C)C)no3)CC2)cn1. The van der Waals surface area contributed by atoms with Gasteiger partial charge in [0.2, 0.25) is 0 Å². The highest BCUT2D eigenvalue weighted by atomic mass is 16.5. The van der Waals surface area contributed by atoms with Crippen LogP contribution in [0.15, 0.2) is 16.9 Å². The summed E-state index contributed by atoms with van der Waals surface area (Å²) in [5.74, 6) is 0.988. The van der Waals surface area contributed by atoms with Crippen molar-refractivity contribution in [3.63, 3.8) is 0 Å². The minimum Gasteiger partial charge on any atom is -0.331 e. The number of nitrogens with zero attached hydrogens (tertiary/aromatic N) is 6. The molecule has 1 amide bonds. The fourth-order valence-electron chi connectivity index (χ4n) is 3.54. The molecule has 8 heteroatoms. The van der Waals surface area contributed by atoms with Gasteiger partial charge >= 0.3 is 6.01 Å². The van der Waals surface area contributed by atoms with Crippen LogP contribution in [-0.4, -0.2) is 56.1 Å². The molecule has 1 aliphatic carbocycles. The lowest BCUT2D eigenvalue weighted by Crippen LogP contribution is -2.48. The van der Waals surface area contributed by atoms with Gasteiger partial charge in [0, 0.05) is 37.3 Å². The molecule has 0 aromatic carbocycles. The molecule has 1 saturated heterocycles. The Morgan fingerprint density at radius 2 is 1.85 bits per heavy atom. The van der Waals surface area contributed by atoms with E-state index in [1.807, 2.05) is 25.7 Å². The number of aryl methyl sites for hydroxylation is 1. The summed E-state index contributed by atoms with van der Waals surface area (Å²) in [6, 6.07) is 1.15. The Morgan fingerprint density at radius 3 is 2.41 bits per heavy atom. The molecule has 3 heterocycles. The van der Waals surface area contributed by atoms with E-state index in [4.69, 9.17) is 4.52 Å². The van der Waals surface area contributed by atoms with Gasteiger partial charge in [0.25, 0.3) is 5.91 Å². The monoisotopic (exact) mass is 370 g/mol. The lowest BCUT2D eigenvalue weighted by molar-refractivity contribution is 0.0622. The minimum atomic E-state index is 0.00309. The first-order valence-electron chi connectivity index (χ1n) is 9.73. The molecule has 144 valence electrons. The molecular formula is C19H26N6O2. The van der Waals surface area contributed by atoms with Crippen molar-refractivity contribution < 1.29 is 9.32 Å². The van der Waals surface area contributed by atoms with E-state index in [9.17, 15) is 4.79 Å². The summed E-state index contributed by atoms with van der Waals surface area (Å²) in [5, 5.41) is 4.05. The maximum atomic E-state index is 13.0. The van der Waals surface area contributed by atoms with E-state index in [0.29, 0.717) is 17.8 Å². The number of aromatic nitrogens is 4. The predicted octanol–water partition coefficient (Wildman–Crippen LogP) is 2.57. The lowest BCUT2D eigenvalue weighted by atomic mass is 10.0. The number of hydrogen-bond donors (Lipinski definition) is 0. The quantitative estimate of drug-likeness (QED) is 0.799. The summed E-state index contributed by atoms with van der Waals surface area (Å²) in [7, 11) is 0. The third kappa shape index (κ3) is 3.79. The summed E-state index contributed by atoms with van der Waals surface area (Å²) in [6.45, 7) is 7.58. The van der Waals surface area contributed by atoms with Crippen LogP contribution in [0.4, 0.5) is 6.01 Å². The number of rotatable bonds is 5. The Balaban J connectivity index is 1.43. The van der Waals surface area contributed by atoms with Crippen LogP contribution in [0, 0.1) is 6.92 Å². The summed E-state index contributed by atoms with van der Waals surface area (Å²) < 4.78 is 5.41. The largest absolute Gasteiger partial charge is 0.331 e. The van der Waals surface area contributed by atoms with Gasteiger partial charge in [-0.25, -0.2) is 4.98 Å². The van der Waals surface area contributed by atoms with Crippen LogP contribution in [0.2, 0.25) is 0 Å². The molecule has 0 atom stereocenters. The molecule has 1 aliphatic heterocycles. The van der Waals surface area contributed by atoms with Crippen molar-refractivity contribution in [1.82, 2.24) is 25.0 Å². The van der Waals surface area contributed by atoms with Crippen molar-refractivity contribution in [2.45, 2.75) is 64.5 Å². The van der Waals surface area contributed by atoms with Gasteiger partial charge in [-0.15, -0.1) is 0 Å². The molecule has 0 radical (unpaired) electrons. The van der Waals surface area contributed by atoms with Crippen molar-refractivity contribution in [3.05, 3.63) is 29.6 Å². The van der Waals surface area contributed by atoms with Crippen molar-refractivity contribution >= 4 is 11.9 Å². The van der Waals surface area contributed by atoms with Gasteiger partial charge in [-0.05, 0) is 32.6 Å². The Labute approximate surface area is 159 Å². The molecule has 1 saturated carbocycles. The highest BCUT2D eigenvalue weighted by Crippen LogP contribution is 2.33. The summed E-state index contributed by atoms with van der Waals surface area (Å²) in [4.78, 5) is 30.2. The Kier molecular flexibility index (Phi) is 4.80. The maximum Gasteiger partial charge on any atom is 0.324 e. The Bertz CT molecular complexity index is 791. The normalized spacial score (nSPS) is 18.1. The number of carbonyl (C=O) groups excluding carboxylic acids is 1. The van der Waals surface area contributed by atoms with Crippen molar-refractivity contribution in [2.24, 2.45) is 0 Å². The van der Waals surface area contributed by atoms with Crippen LogP contribution < -0.4 is 4.90 Å². The fraction of sp³-hybridized carbons (Fsp3) is 0.632.